The van der Waals surface area contributed by atoms with E-state index in [2.05, 4.69) is 10.3 Å². The SMILES string of the molecule is CCC(=O)N[C@@H]1CC[C@@H](N(C)C(=O)c2ccccc2-c2nc3ccccc3o2)C1. The molecule has 3 aromatic rings. The largest absolute Gasteiger partial charge is 0.436 e. The number of carbonyl (C=O) groups excluding carboxylic acids is 2. The molecule has 150 valence electrons. The molecule has 0 unspecified atom stereocenters. The van der Waals surface area contributed by atoms with E-state index >= 15 is 0 Å². The summed E-state index contributed by atoms with van der Waals surface area (Å²) in [7, 11) is 1.83. The molecule has 1 saturated carbocycles. The van der Waals surface area contributed by atoms with Gasteiger partial charge in [-0.15, -0.1) is 0 Å². The molecule has 0 radical (unpaired) electrons. The van der Waals surface area contributed by atoms with Gasteiger partial charge in [0, 0.05) is 31.1 Å². The zero-order valence-electron chi connectivity index (χ0n) is 16.7. The maximum absolute atomic E-state index is 13.3. The minimum atomic E-state index is -0.0599. The van der Waals surface area contributed by atoms with Crippen LogP contribution in [0.1, 0.15) is 43.0 Å². The van der Waals surface area contributed by atoms with E-state index in [0.717, 1.165) is 24.8 Å². The molecule has 0 saturated heterocycles. The number of benzene rings is 2. The lowest BCUT2D eigenvalue weighted by atomic mass is 10.0. The summed E-state index contributed by atoms with van der Waals surface area (Å²) in [6.07, 6.45) is 3.02. The van der Waals surface area contributed by atoms with Gasteiger partial charge in [0.25, 0.3) is 5.91 Å². The predicted molar refractivity (Wildman–Crippen MR) is 111 cm³/mol. The van der Waals surface area contributed by atoms with Crippen molar-refractivity contribution in [1.29, 1.82) is 0 Å². The molecule has 2 atom stereocenters. The molecular formula is C23H25N3O3. The summed E-state index contributed by atoms with van der Waals surface area (Å²) in [5.41, 5.74) is 2.73. The fourth-order valence-electron chi connectivity index (χ4n) is 3.97. The van der Waals surface area contributed by atoms with Crippen molar-refractivity contribution in [3.63, 3.8) is 0 Å². The van der Waals surface area contributed by atoms with E-state index in [-0.39, 0.29) is 23.9 Å². The predicted octanol–water partition coefficient (Wildman–Crippen LogP) is 4.01. The Kier molecular flexibility index (Phi) is 5.34. The Morgan fingerprint density at radius 1 is 1.14 bits per heavy atom. The molecule has 6 heteroatoms. The number of nitrogens with zero attached hydrogens (tertiary/aromatic N) is 2. The maximum Gasteiger partial charge on any atom is 0.254 e. The number of fused-ring (bicyclic) bond motifs is 1. The van der Waals surface area contributed by atoms with Gasteiger partial charge in [-0.25, -0.2) is 4.98 Å². The average Bonchev–Trinajstić information content (AvgIpc) is 3.39. The lowest BCUT2D eigenvalue weighted by Crippen LogP contribution is -2.38. The van der Waals surface area contributed by atoms with E-state index in [1.807, 2.05) is 62.5 Å². The second-order valence-electron chi connectivity index (χ2n) is 7.53. The van der Waals surface area contributed by atoms with E-state index in [1.165, 1.54) is 0 Å². The van der Waals surface area contributed by atoms with Crippen molar-refractivity contribution in [3.05, 3.63) is 54.1 Å². The number of nitrogens with one attached hydrogen (secondary N) is 1. The molecule has 1 aromatic heterocycles. The van der Waals surface area contributed by atoms with Gasteiger partial charge in [0.1, 0.15) is 5.52 Å². The molecule has 1 heterocycles. The van der Waals surface area contributed by atoms with Crippen LogP contribution in [0.2, 0.25) is 0 Å². The lowest BCUT2D eigenvalue weighted by molar-refractivity contribution is -0.121. The van der Waals surface area contributed by atoms with Crippen molar-refractivity contribution in [1.82, 2.24) is 15.2 Å². The van der Waals surface area contributed by atoms with Gasteiger partial charge < -0.3 is 14.6 Å². The van der Waals surface area contributed by atoms with Gasteiger partial charge >= 0.3 is 0 Å². The first-order valence-corrected chi connectivity index (χ1v) is 10.1. The number of oxazole rings is 1. The molecule has 1 aliphatic carbocycles. The molecule has 6 nitrogen and oxygen atoms in total. The van der Waals surface area contributed by atoms with Crippen molar-refractivity contribution >= 4 is 22.9 Å². The highest BCUT2D eigenvalue weighted by Gasteiger charge is 2.32. The topological polar surface area (TPSA) is 75.4 Å². The third-order valence-corrected chi connectivity index (χ3v) is 5.64. The summed E-state index contributed by atoms with van der Waals surface area (Å²) >= 11 is 0. The second kappa shape index (κ2) is 8.07. The van der Waals surface area contributed by atoms with Crippen molar-refractivity contribution in [3.8, 4) is 11.5 Å². The van der Waals surface area contributed by atoms with Gasteiger partial charge in [-0.1, -0.05) is 31.2 Å². The van der Waals surface area contributed by atoms with Crippen LogP contribution >= 0.6 is 0 Å². The summed E-state index contributed by atoms with van der Waals surface area (Å²) in [5, 5.41) is 3.04. The summed E-state index contributed by atoms with van der Waals surface area (Å²) in [4.78, 5) is 31.3. The first-order valence-electron chi connectivity index (χ1n) is 10.1. The molecule has 1 fully saturated rings. The molecule has 0 spiro atoms. The van der Waals surface area contributed by atoms with E-state index in [1.54, 1.807) is 4.90 Å². The molecule has 2 aromatic carbocycles. The van der Waals surface area contributed by atoms with Crippen LogP contribution in [0.15, 0.2) is 52.9 Å². The third-order valence-electron chi connectivity index (χ3n) is 5.64. The quantitative estimate of drug-likeness (QED) is 0.713. The van der Waals surface area contributed by atoms with Crippen LogP contribution in [-0.2, 0) is 4.79 Å². The van der Waals surface area contributed by atoms with Crippen molar-refractivity contribution in [2.45, 2.75) is 44.7 Å². The number of amides is 2. The zero-order valence-corrected chi connectivity index (χ0v) is 16.7. The molecule has 0 aliphatic heterocycles. The lowest BCUT2D eigenvalue weighted by Gasteiger charge is -2.25. The van der Waals surface area contributed by atoms with Crippen LogP contribution in [0.3, 0.4) is 0 Å². The molecule has 1 N–H and O–H groups in total. The smallest absolute Gasteiger partial charge is 0.254 e. The van der Waals surface area contributed by atoms with Crippen molar-refractivity contribution in [2.75, 3.05) is 7.05 Å². The first kappa shape index (κ1) is 19.2. The molecule has 0 bridgehead atoms. The normalized spacial score (nSPS) is 18.7. The Balaban J connectivity index is 1.56. The van der Waals surface area contributed by atoms with Gasteiger partial charge in [0.15, 0.2) is 5.58 Å². The minimum Gasteiger partial charge on any atom is -0.436 e. The molecule has 4 rings (SSSR count). The Labute approximate surface area is 169 Å². The van der Waals surface area contributed by atoms with Crippen LogP contribution in [-0.4, -0.2) is 40.8 Å². The monoisotopic (exact) mass is 391 g/mol. The van der Waals surface area contributed by atoms with Crippen LogP contribution in [0.4, 0.5) is 0 Å². The molecule has 1 aliphatic rings. The van der Waals surface area contributed by atoms with E-state index < -0.39 is 0 Å². The first-order chi connectivity index (χ1) is 14.1. The second-order valence-corrected chi connectivity index (χ2v) is 7.53. The van der Waals surface area contributed by atoms with Crippen LogP contribution in [0, 0.1) is 0 Å². The van der Waals surface area contributed by atoms with Gasteiger partial charge in [-0.3, -0.25) is 9.59 Å². The van der Waals surface area contributed by atoms with E-state index in [9.17, 15) is 9.59 Å². The number of carbonyl (C=O) groups is 2. The number of rotatable bonds is 5. The maximum atomic E-state index is 13.3. The highest BCUT2D eigenvalue weighted by atomic mass is 16.3. The van der Waals surface area contributed by atoms with Gasteiger partial charge in [0.05, 0.1) is 5.56 Å². The van der Waals surface area contributed by atoms with Crippen LogP contribution < -0.4 is 5.32 Å². The number of hydrogen-bond donors (Lipinski definition) is 1. The number of aromatic nitrogens is 1. The summed E-state index contributed by atoms with van der Waals surface area (Å²) < 4.78 is 5.89. The molecule has 29 heavy (non-hydrogen) atoms. The fraction of sp³-hybridized carbons (Fsp3) is 0.348. The Morgan fingerprint density at radius 2 is 1.90 bits per heavy atom. The standard InChI is InChI=1S/C23H25N3O3/c1-3-21(27)24-15-12-13-16(14-15)26(2)23(28)18-9-5-4-8-17(18)22-25-19-10-6-7-11-20(19)29-22/h4-11,15-16H,3,12-14H2,1-2H3,(H,24,27)/t15-,16-/m1/s1. The van der Waals surface area contributed by atoms with E-state index in [4.69, 9.17) is 4.42 Å². The Bertz CT molecular complexity index is 1010. The minimum absolute atomic E-state index is 0.0599. The summed E-state index contributed by atoms with van der Waals surface area (Å²) in [5.74, 6) is 0.448. The van der Waals surface area contributed by atoms with Gasteiger partial charge in [-0.2, -0.15) is 0 Å². The van der Waals surface area contributed by atoms with Gasteiger partial charge in [0.2, 0.25) is 11.8 Å². The molecule has 2 amide bonds. The zero-order chi connectivity index (χ0) is 20.4. The number of hydrogen-bond acceptors (Lipinski definition) is 4. The Morgan fingerprint density at radius 3 is 2.69 bits per heavy atom. The molecular weight excluding hydrogens is 366 g/mol. The van der Waals surface area contributed by atoms with Gasteiger partial charge in [-0.05, 0) is 43.5 Å². The highest BCUT2D eigenvalue weighted by molar-refractivity contribution is 6.00. The van der Waals surface area contributed by atoms with Crippen molar-refractivity contribution in [2.24, 2.45) is 0 Å². The average molecular weight is 391 g/mol. The van der Waals surface area contributed by atoms with Crippen LogP contribution in [0.25, 0.3) is 22.6 Å². The number of para-hydroxylation sites is 2. The van der Waals surface area contributed by atoms with E-state index in [0.29, 0.717) is 29.0 Å². The third kappa shape index (κ3) is 3.88. The fourth-order valence-corrected chi connectivity index (χ4v) is 3.97. The van der Waals surface area contributed by atoms with Crippen molar-refractivity contribution < 1.29 is 14.0 Å². The highest BCUT2D eigenvalue weighted by Crippen LogP contribution is 2.30. The van der Waals surface area contributed by atoms with Crippen LogP contribution in [0.5, 0.6) is 0 Å². The summed E-state index contributed by atoms with van der Waals surface area (Å²) in [6.45, 7) is 1.85. The summed E-state index contributed by atoms with van der Waals surface area (Å²) in [6, 6.07) is 15.2. The Hall–Kier alpha value is -3.15.